The van der Waals surface area contributed by atoms with E-state index in [0.29, 0.717) is 52.2 Å². The first-order valence-corrected chi connectivity index (χ1v) is 9.84. The summed E-state index contributed by atoms with van der Waals surface area (Å²) >= 11 is 0. The second kappa shape index (κ2) is 7.52. The van der Waals surface area contributed by atoms with Crippen molar-refractivity contribution in [3.8, 4) is 6.07 Å². The summed E-state index contributed by atoms with van der Waals surface area (Å²) in [7, 11) is -3.74. The molecule has 0 bridgehead atoms. The van der Waals surface area contributed by atoms with Crippen LogP contribution in [0.25, 0.3) is 0 Å². The maximum Gasteiger partial charge on any atom is 0.255 e. The van der Waals surface area contributed by atoms with Gasteiger partial charge in [0.05, 0.1) is 29.7 Å². The zero-order valence-electron chi connectivity index (χ0n) is 13.9. The van der Waals surface area contributed by atoms with Gasteiger partial charge in [-0.05, 0) is 25.0 Å². The maximum atomic E-state index is 13.0. The minimum absolute atomic E-state index is 0.0311. The van der Waals surface area contributed by atoms with Gasteiger partial charge in [-0.1, -0.05) is 12.1 Å². The molecule has 0 spiro atoms. The Labute approximate surface area is 147 Å². The Morgan fingerprint density at radius 2 is 1.76 bits per heavy atom. The van der Waals surface area contributed by atoms with E-state index in [0.717, 1.165) is 0 Å². The van der Waals surface area contributed by atoms with E-state index < -0.39 is 10.0 Å². The van der Waals surface area contributed by atoms with Crippen molar-refractivity contribution in [3.05, 3.63) is 29.8 Å². The highest BCUT2D eigenvalue weighted by Gasteiger charge is 2.32. The lowest BCUT2D eigenvalue weighted by Crippen LogP contribution is -2.42. The fraction of sp³-hybridized carbons (Fsp3) is 0.529. The minimum atomic E-state index is -3.74. The highest BCUT2D eigenvalue weighted by atomic mass is 32.2. The summed E-state index contributed by atoms with van der Waals surface area (Å²) in [5, 5.41) is 8.98. The molecular weight excluding hydrogens is 342 g/mol. The Bertz CT molecular complexity index is 773. The summed E-state index contributed by atoms with van der Waals surface area (Å²) in [5.74, 6) is -0.319. The second-order valence-electron chi connectivity index (χ2n) is 6.21. The first-order valence-electron chi connectivity index (χ1n) is 8.40. The molecule has 2 fully saturated rings. The Morgan fingerprint density at radius 1 is 1.12 bits per heavy atom. The fourth-order valence-corrected chi connectivity index (χ4v) is 4.77. The molecule has 1 amide bonds. The van der Waals surface area contributed by atoms with E-state index in [4.69, 9.17) is 10.00 Å². The summed E-state index contributed by atoms with van der Waals surface area (Å²) in [6.07, 6.45) is 1.25. The molecule has 1 aromatic carbocycles. The van der Waals surface area contributed by atoms with Crippen LogP contribution in [0.15, 0.2) is 29.2 Å². The van der Waals surface area contributed by atoms with Crippen LogP contribution in [0.3, 0.4) is 0 Å². The zero-order valence-corrected chi connectivity index (χ0v) is 14.7. The number of sulfonamides is 1. The number of morpholine rings is 1. The number of amides is 1. The molecule has 2 heterocycles. The van der Waals surface area contributed by atoms with Crippen LogP contribution in [0.4, 0.5) is 0 Å². The van der Waals surface area contributed by atoms with Crippen molar-refractivity contribution in [2.75, 3.05) is 39.4 Å². The van der Waals surface area contributed by atoms with Crippen molar-refractivity contribution in [2.45, 2.75) is 17.7 Å². The van der Waals surface area contributed by atoms with Crippen molar-refractivity contribution >= 4 is 15.9 Å². The van der Waals surface area contributed by atoms with Crippen LogP contribution in [-0.4, -0.2) is 62.9 Å². The Kier molecular flexibility index (Phi) is 5.37. The largest absolute Gasteiger partial charge is 0.379 e. The number of likely N-dealkylation sites (tertiary alicyclic amines) is 1. The summed E-state index contributed by atoms with van der Waals surface area (Å²) in [6.45, 7) is 2.25. The van der Waals surface area contributed by atoms with Gasteiger partial charge in [0, 0.05) is 32.1 Å². The van der Waals surface area contributed by atoms with Crippen LogP contribution in [0.2, 0.25) is 0 Å². The number of hydrogen-bond donors (Lipinski definition) is 0. The Hall–Kier alpha value is -1.95. The molecule has 0 radical (unpaired) electrons. The van der Waals surface area contributed by atoms with Crippen molar-refractivity contribution in [1.82, 2.24) is 9.21 Å². The molecule has 0 aromatic heterocycles. The van der Waals surface area contributed by atoms with Gasteiger partial charge in [-0.3, -0.25) is 4.79 Å². The highest BCUT2D eigenvalue weighted by Crippen LogP contribution is 2.24. The third-order valence-electron chi connectivity index (χ3n) is 4.67. The number of nitriles is 1. The normalized spacial score (nSPS) is 20.2. The first-order chi connectivity index (χ1) is 12.0. The summed E-state index contributed by atoms with van der Waals surface area (Å²) in [5.41, 5.74) is 0.199. The van der Waals surface area contributed by atoms with E-state index in [2.05, 4.69) is 6.07 Å². The van der Waals surface area contributed by atoms with Crippen LogP contribution in [-0.2, 0) is 14.8 Å². The maximum absolute atomic E-state index is 13.0. The lowest BCUT2D eigenvalue weighted by atomic mass is 9.98. The Balaban J connectivity index is 1.86. The lowest BCUT2D eigenvalue weighted by Gasteiger charge is -2.31. The third kappa shape index (κ3) is 3.68. The fourth-order valence-electron chi connectivity index (χ4n) is 3.18. The molecule has 2 saturated heterocycles. The van der Waals surface area contributed by atoms with Gasteiger partial charge in [-0.2, -0.15) is 9.57 Å². The number of benzene rings is 1. The predicted octanol–water partition coefficient (Wildman–Crippen LogP) is 1.08. The van der Waals surface area contributed by atoms with Gasteiger partial charge >= 0.3 is 0 Å². The molecule has 2 aliphatic rings. The number of nitrogens with zero attached hydrogens (tertiary/aromatic N) is 3. The molecule has 0 aliphatic carbocycles. The van der Waals surface area contributed by atoms with Gasteiger partial charge < -0.3 is 9.64 Å². The lowest BCUT2D eigenvalue weighted by molar-refractivity contribution is 0.0698. The molecule has 0 atom stereocenters. The van der Waals surface area contributed by atoms with Crippen molar-refractivity contribution < 1.29 is 17.9 Å². The standard InChI is InChI=1S/C17H21N3O4S/c18-13-14-5-7-19(8-6-14)17(21)15-3-1-2-4-16(15)25(22,23)20-9-11-24-12-10-20/h1-4,14H,5-12H2. The average Bonchev–Trinajstić information content (AvgIpc) is 2.68. The van der Waals surface area contributed by atoms with Crippen LogP contribution in [0.1, 0.15) is 23.2 Å². The number of hydrogen-bond acceptors (Lipinski definition) is 5. The van der Waals surface area contributed by atoms with Crippen LogP contribution in [0, 0.1) is 17.2 Å². The molecule has 8 heteroatoms. The first kappa shape index (κ1) is 17.9. The van der Waals surface area contributed by atoms with E-state index >= 15 is 0 Å². The number of carbonyl (C=O) groups is 1. The zero-order chi connectivity index (χ0) is 17.9. The van der Waals surface area contributed by atoms with E-state index in [1.54, 1.807) is 23.1 Å². The molecule has 25 heavy (non-hydrogen) atoms. The third-order valence-corrected chi connectivity index (χ3v) is 6.63. The SMILES string of the molecule is N#CC1CCN(C(=O)c2ccccc2S(=O)(=O)N2CCOCC2)CC1. The average molecular weight is 363 g/mol. The molecule has 0 unspecified atom stereocenters. The van der Waals surface area contributed by atoms with Gasteiger partial charge in [0.15, 0.2) is 0 Å². The summed E-state index contributed by atoms with van der Waals surface area (Å²) in [6, 6.07) is 8.58. The number of rotatable bonds is 3. The number of ether oxygens (including phenoxy) is 1. The highest BCUT2D eigenvalue weighted by molar-refractivity contribution is 7.89. The molecule has 1 aromatic rings. The summed E-state index contributed by atoms with van der Waals surface area (Å²) < 4.78 is 32.5. The monoisotopic (exact) mass is 363 g/mol. The van der Waals surface area contributed by atoms with Crippen LogP contribution >= 0.6 is 0 Å². The number of piperidine rings is 1. The molecule has 0 saturated carbocycles. The van der Waals surface area contributed by atoms with Crippen molar-refractivity contribution in [2.24, 2.45) is 5.92 Å². The van der Waals surface area contributed by atoms with E-state index in [9.17, 15) is 13.2 Å². The summed E-state index contributed by atoms with van der Waals surface area (Å²) in [4.78, 5) is 14.6. The molecule has 134 valence electrons. The molecule has 3 rings (SSSR count). The van der Waals surface area contributed by atoms with Gasteiger partial charge in [0.25, 0.3) is 5.91 Å². The van der Waals surface area contributed by atoms with Gasteiger partial charge in [0.1, 0.15) is 0 Å². The molecule has 7 nitrogen and oxygen atoms in total. The van der Waals surface area contributed by atoms with Crippen molar-refractivity contribution in [3.63, 3.8) is 0 Å². The van der Waals surface area contributed by atoms with E-state index in [1.165, 1.54) is 10.4 Å². The molecule has 0 N–H and O–H groups in total. The van der Waals surface area contributed by atoms with Crippen LogP contribution in [0.5, 0.6) is 0 Å². The van der Waals surface area contributed by atoms with Crippen LogP contribution < -0.4 is 0 Å². The Morgan fingerprint density at radius 3 is 2.40 bits per heavy atom. The molecular formula is C17H21N3O4S. The topological polar surface area (TPSA) is 90.7 Å². The van der Waals surface area contributed by atoms with Gasteiger partial charge in [0.2, 0.25) is 10.0 Å². The second-order valence-corrected chi connectivity index (χ2v) is 8.11. The van der Waals surface area contributed by atoms with Gasteiger partial charge in [-0.25, -0.2) is 8.42 Å². The smallest absolute Gasteiger partial charge is 0.255 e. The van der Waals surface area contributed by atoms with Crippen molar-refractivity contribution in [1.29, 1.82) is 5.26 Å². The number of carbonyl (C=O) groups excluding carboxylic acids is 1. The van der Waals surface area contributed by atoms with Gasteiger partial charge in [-0.15, -0.1) is 0 Å². The van der Waals surface area contributed by atoms with E-state index in [1.807, 2.05) is 0 Å². The minimum Gasteiger partial charge on any atom is -0.379 e. The predicted molar refractivity (Wildman–Crippen MR) is 90.3 cm³/mol. The molecule has 2 aliphatic heterocycles. The van der Waals surface area contributed by atoms with E-state index in [-0.39, 0.29) is 22.3 Å². The quantitative estimate of drug-likeness (QED) is 0.802.